The fourth-order valence-corrected chi connectivity index (χ4v) is 2.93. The lowest BCUT2D eigenvalue weighted by Gasteiger charge is -2.29. The van der Waals surface area contributed by atoms with Gasteiger partial charge < -0.3 is 19.7 Å². The van der Waals surface area contributed by atoms with Crippen molar-refractivity contribution in [1.29, 1.82) is 0 Å². The van der Waals surface area contributed by atoms with Gasteiger partial charge in [-0.05, 0) is 56.2 Å². The van der Waals surface area contributed by atoms with E-state index in [4.69, 9.17) is 9.47 Å². The summed E-state index contributed by atoms with van der Waals surface area (Å²) in [5, 5.41) is 2.89. The molecule has 0 aliphatic rings. The van der Waals surface area contributed by atoms with E-state index in [9.17, 15) is 9.59 Å². The third kappa shape index (κ3) is 6.52. The van der Waals surface area contributed by atoms with Gasteiger partial charge in [0.2, 0.25) is 11.8 Å². The third-order valence-electron chi connectivity index (χ3n) is 4.62. The Kier molecular flexibility index (Phi) is 8.07. The quantitative estimate of drug-likeness (QED) is 0.704. The molecule has 2 aromatic rings. The van der Waals surface area contributed by atoms with E-state index in [1.54, 1.807) is 26.0 Å². The largest absolute Gasteiger partial charge is 0.497 e. The Bertz CT molecular complexity index is 801. The van der Waals surface area contributed by atoms with Gasteiger partial charge in [0.15, 0.2) is 0 Å². The number of carbonyl (C=O) groups excluding carboxylic acids is 2. The minimum Gasteiger partial charge on any atom is -0.497 e. The number of ether oxygens (including phenoxy) is 2. The van der Waals surface area contributed by atoms with Crippen LogP contribution in [0.5, 0.6) is 11.5 Å². The Morgan fingerprint density at radius 3 is 1.79 bits per heavy atom. The summed E-state index contributed by atoms with van der Waals surface area (Å²) in [6.45, 7) is 5.90. The van der Waals surface area contributed by atoms with Crippen molar-refractivity contribution < 1.29 is 19.1 Å². The van der Waals surface area contributed by atoms with Gasteiger partial charge >= 0.3 is 0 Å². The van der Waals surface area contributed by atoms with Crippen LogP contribution in [0.25, 0.3) is 0 Å². The molecule has 0 heterocycles. The van der Waals surface area contributed by atoms with Crippen LogP contribution in [0.2, 0.25) is 0 Å². The fourth-order valence-electron chi connectivity index (χ4n) is 2.93. The summed E-state index contributed by atoms with van der Waals surface area (Å²) >= 11 is 0. The van der Waals surface area contributed by atoms with Crippen LogP contribution in [0, 0.1) is 0 Å². The van der Waals surface area contributed by atoms with Gasteiger partial charge in [0.05, 0.1) is 20.6 Å². The summed E-state index contributed by atoms with van der Waals surface area (Å²) < 4.78 is 10.4. The van der Waals surface area contributed by atoms with E-state index < -0.39 is 6.04 Å². The van der Waals surface area contributed by atoms with Crippen molar-refractivity contribution in [3.8, 4) is 11.5 Å². The molecule has 2 amide bonds. The summed E-state index contributed by atoms with van der Waals surface area (Å²) in [6, 6.07) is 14.3. The van der Waals surface area contributed by atoms with Gasteiger partial charge in [0.1, 0.15) is 17.5 Å². The molecule has 0 aliphatic carbocycles. The zero-order valence-electron chi connectivity index (χ0n) is 17.8. The third-order valence-corrected chi connectivity index (χ3v) is 4.62. The second-order valence-corrected chi connectivity index (χ2v) is 7.23. The Balaban J connectivity index is 2.20. The molecule has 2 aromatic carbocycles. The molecule has 6 nitrogen and oxygen atoms in total. The molecule has 1 N–H and O–H groups in total. The predicted octanol–water partition coefficient (Wildman–Crippen LogP) is 3.19. The van der Waals surface area contributed by atoms with Gasteiger partial charge in [-0.25, -0.2) is 0 Å². The summed E-state index contributed by atoms with van der Waals surface area (Å²) in [5.41, 5.74) is 1.80. The van der Waals surface area contributed by atoms with Crippen LogP contribution in [-0.4, -0.2) is 43.0 Å². The molecule has 0 aromatic heterocycles. The Hall–Kier alpha value is -3.02. The van der Waals surface area contributed by atoms with E-state index in [0.717, 1.165) is 22.6 Å². The van der Waals surface area contributed by atoms with E-state index in [0.29, 0.717) is 6.54 Å². The molecule has 6 heteroatoms. The first-order valence-corrected chi connectivity index (χ1v) is 9.69. The van der Waals surface area contributed by atoms with Crippen LogP contribution in [-0.2, 0) is 22.6 Å². The molecular weight excluding hydrogens is 368 g/mol. The standard InChI is InChI=1S/C23H30N2O4/c1-16(2)24-23(27)17(3)25(15-19-8-12-21(29-5)13-9-19)22(26)14-18-6-10-20(28-4)11-7-18/h6-13,16-17H,14-15H2,1-5H3,(H,24,27). The molecule has 0 spiro atoms. The Morgan fingerprint density at radius 1 is 0.862 bits per heavy atom. The molecular formula is C23H30N2O4. The SMILES string of the molecule is COc1ccc(CC(=O)N(Cc2ccc(OC)cc2)C(C)C(=O)NC(C)C)cc1. The van der Waals surface area contributed by atoms with Crippen LogP contribution in [0.1, 0.15) is 31.9 Å². The zero-order chi connectivity index (χ0) is 21.4. The minimum absolute atomic E-state index is 0.00415. The monoisotopic (exact) mass is 398 g/mol. The van der Waals surface area contributed by atoms with Gasteiger partial charge in [-0.15, -0.1) is 0 Å². The molecule has 1 unspecified atom stereocenters. The Labute approximate surface area is 172 Å². The second kappa shape index (κ2) is 10.5. The number of rotatable bonds is 9. The lowest BCUT2D eigenvalue weighted by molar-refractivity contribution is -0.140. The first kappa shape index (κ1) is 22.3. The number of hydrogen-bond donors (Lipinski definition) is 1. The maximum atomic E-state index is 13.1. The molecule has 0 fully saturated rings. The van der Waals surface area contributed by atoms with E-state index >= 15 is 0 Å². The average Bonchev–Trinajstić information content (AvgIpc) is 2.72. The first-order chi connectivity index (χ1) is 13.8. The van der Waals surface area contributed by atoms with Crippen molar-refractivity contribution >= 4 is 11.8 Å². The molecule has 0 radical (unpaired) electrons. The van der Waals surface area contributed by atoms with Crippen molar-refractivity contribution in [2.75, 3.05) is 14.2 Å². The van der Waals surface area contributed by atoms with Gasteiger partial charge in [0.25, 0.3) is 0 Å². The van der Waals surface area contributed by atoms with Crippen LogP contribution in [0.4, 0.5) is 0 Å². The van der Waals surface area contributed by atoms with Crippen molar-refractivity contribution in [1.82, 2.24) is 10.2 Å². The lowest BCUT2D eigenvalue weighted by Crippen LogP contribution is -2.49. The van der Waals surface area contributed by atoms with Crippen molar-refractivity contribution in [2.24, 2.45) is 0 Å². The maximum Gasteiger partial charge on any atom is 0.242 e. The number of amides is 2. The summed E-state index contributed by atoms with van der Waals surface area (Å²) in [5.74, 6) is 1.20. The number of hydrogen-bond acceptors (Lipinski definition) is 4. The minimum atomic E-state index is -0.592. The number of nitrogens with one attached hydrogen (secondary N) is 1. The number of methoxy groups -OCH3 is 2. The van der Waals surface area contributed by atoms with E-state index in [2.05, 4.69) is 5.32 Å². The molecule has 0 aliphatic heterocycles. The average molecular weight is 399 g/mol. The number of carbonyl (C=O) groups is 2. The maximum absolute atomic E-state index is 13.1. The van der Waals surface area contributed by atoms with Crippen LogP contribution in [0.15, 0.2) is 48.5 Å². The van der Waals surface area contributed by atoms with Gasteiger partial charge in [-0.3, -0.25) is 9.59 Å². The fraction of sp³-hybridized carbons (Fsp3) is 0.391. The van der Waals surface area contributed by atoms with E-state index in [1.165, 1.54) is 0 Å². The first-order valence-electron chi connectivity index (χ1n) is 9.69. The molecule has 2 rings (SSSR count). The molecule has 1 atom stereocenters. The highest BCUT2D eigenvalue weighted by atomic mass is 16.5. The van der Waals surface area contributed by atoms with Crippen molar-refractivity contribution in [3.63, 3.8) is 0 Å². The van der Waals surface area contributed by atoms with Crippen LogP contribution in [0.3, 0.4) is 0 Å². The highest BCUT2D eigenvalue weighted by molar-refractivity contribution is 5.88. The zero-order valence-corrected chi connectivity index (χ0v) is 17.8. The van der Waals surface area contributed by atoms with Crippen LogP contribution >= 0.6 is 0 Å². The normalized spacial score (nSPS) is 11.7. The summed E-state index contributed by atoms with van der Waals surface area (Å²) in [4.78, 5) is 27.3. The smallest absolute Gasteiger partial charge is 0.242 e. The Morgan fingerprint density at radius 2 is 1.34 bits per heavy atom. The topological polar surface area (TPSA) is 67.9 Å². The summed E-state index contributed by atoms with van der Waals surface area (Å²) in [6.07, 6.45) is 0.208. The van der Waals surface area contributed by atoms with Crippen molar-refractivity contribution in [2.45, 2.75) is 45.8 Å². The van der Waals surface area contributed by atoms with Crippen LogP contribution < -0.4 is 14.8 Å². The number of nitrogens with zero attached hydrogens (tertiary/aromatic N) is 1. The molecule has 156 valence electrons. The molecule has 0 saturated heterocycles. The summed E-state index contributed by atoms with van der Waals surface area (Å²) in [7, 11) is 3.21. The van der Waals surface area contributed by atoms with E-state index in [1.807, 2.05) is 62.4 Å². The molecule has 0 bridgehead atoms. The highest BCUT2D eigenvalue weighted by Gasteiger charge is 2.26. The molecule has 29 heavy (non-hydrogen) atoms. The highest BCUT2D eigenvalue weighted by Crippen LogP contribution is 2.17. The number of benzene rings is 2. The van der Waals surface area contributed by atoms with Gasteiger partial charge in [0, 0.05) is 12.6 Å². The lowest BCUT2D eigenvalue weighted by atomic mass is 10.1. The van der Waals surface area contributed by atoms with Gasteiger partial charge in [-0.2, -0.15) is 0 Å². The predicted molar refractivity (Wildman–Crippen MR) is 113 cm³/mol. The second-order valence-electron chi connectivity index (χ2n) is 7.23. The molecule has 0 saturated carbocycles. The van der Waals surface area contributed by atoms with Crippen molar-refractivity contribution in [3.05, 3.63) is 59.7 Å². The van der Waals surface area contributed by atoms with E-state index in [-0.39, 0.29) is 24.3 Å². The van der Waals surface area contributed by atoms with Gasteiger partial charge in [-0.1, -0.05) is 24.3 Å².